The summed E-state index contributed by atoms with van der Waals surface area (Å²) in [5.74, 6) is -1.02. The molecule has 3 atom stereocenters. The number of fused-ring (bicyclic) bond motifs is 2. The number of aromatic nitrogens is 6. The molecule has 1 aliphatic heterocycles. The Morgan fingerprint density at radius 1 is 0.827 bits per heavy atom. The summed E-state index contributed by atoms with van der Waals surface area (Å²) in [7, 11) is 0. The number of piperazine rings is 1. The third-order valence-corrected chi connectivity index (χ3v) is 10.3. The van der Waals surface area contributed by atoms with Gasteiger partial charge >= 0.3 is 0 Å². The number of benzene rings is 4. The maximum atomic E-state index is 12.8. The molecule has 52 heavy (non-hydrogen) atoms. The van der Waals surface area contributed by atoms with Gasteiger partial charge in [-0.05, 0) is 53.9 Å². The quantitative estimate of drug-likeness (QED) is 0.142. The highest BCUT2D eigenvalue weighted by molar-refractivity contribution is 5.82. The third kappa shape index (κ3) is 6.46. The number of carbonyl (C=O) groups excluding carboxylic acids is 2. The van der Waals surface area contributed by atoms with Gasteiger partial charge in [0.25, 0.3) is 0 Å². The van der Waals surface area contributed by atoms with Gasteiger partial charge in [-0.1, -0.05) is 60.7 Å². The number of primary amides is 2. The number of H-pyrrole nitrogens is 2. The zero-order chi connectivity index (χ0) is 35.6. The van der Waals surface area contributed by atoms with Crippen LogP contribution in [0.15, 0.2) is 116 Å². The van der Waals surface area contributed by atoms with Crippen molar-refractivity contribution >= 4 is 45.1 Å². The third-order valence-electron chi connectivity index (χ3n) is 10.3. The Hall–Kier alpha value is -6.43. The number of imidazole rings is 2. The number of amides is 2. The molecule has 8 rings (SSSR count). The van der Waals surface area contributed by atoms with Crippen molar-refractivity contribution in [3.63, 3.8) is 0 Å². The van der Waals surface area contributed by atoms with Crippen LogP contribution in [0.5, 0.6) is 0 Å². The Morgan fingerprint density at radius 2 is 1.63 bits per heavy atom. The lowest BCUT2D eigenvalue weighted by Gasteiger charge is -2.51. The van der Waals surface area contributed by atoms with Gasteiger partial charge in [-0.3, -0.25) is 14.7 Å². The number of aromatic amines is 2. The van der Waals surface area contributed by atoms with Crippen LogP contribution >= 0.6 is 0 Å². The van der Waals surface area contributed by atoms with Crippen LogP contribution in [0, 0.1) is 0 Å². The monoisotopic (exact) mass is 692 g/mol. The van der Waals surface area contributed by atoms with E-state index in [1.54, 1.807) is 6.33 Å². The first-order chi connectivity index (χ1) is 25.4. The zero-order valence-corrected chi connectivity index (χ0v) is 28.6. The molecule has 4 heterocycles. The van der Waals surface area contributed by atoms with Crippen molar-refractivity contribution in [3.8, 4) is 0 Å². The van der Waals surface area contributed by atoms with Crippen LogP contribution in [0.2, 0.25) is 0 Å². The van der Waals surface area contributed by atoms with E-state index in [9.17, 15) is 9.59 Å². The van der Waals surface area contributed by atoms with Gasteiger partial charge in [-0.15, -0.1) is 0 Å². The van der Waals surface area contributed by atoms with E-state index in [0.29, 0.717) is 26.1 Å². The Morgan fingerprint density at radius 3 is 2.42 bits per heavy atom. The van der Waals surface area contributed by atoms with Gasteiger partial charge in [0, 0.05) is 48.9 Å². The van der Waals surface area contributed by atoms with Crippen molar-refractivity contribution in [2.45, 2.75) is 43.8 Å². The maximum absolute atomic E-state index is 12.8. The molecular weight excluding hydrogens is 653 g/mol. The molecule has 0 saturated carbocycles. The van der Waals surface area contributed by atoms with Crippen molar-refractivity contribution in [1.82, 2.24) is 29.7 Å². The normalized spacial score (nSPS) is 16.8. The molecule has 12 nitrogen and oxygen atoms in total. The van der Waals surface area contributed by atoms with E-state index in [-0.39, 0.29) is 36.8 Å². The van der Waals surface area contributed by atoms with Crippen LogP contribution < -0.4 is 21.3 Å². The molecule has 0 spiro atoms. The predicted octanol–water partition coefficient (Wildman–Crippen LogP) is 4.87. The summed E-state index contributed by atoms with van der Waals surface area (Å²) in [6.45, 7) is 1.71. The lowest BCUT2D eigenvalue weighted by molar-refractivity contribution is -0.118. The van der Waals surface area contributed by atoms with Gasteiger partial charge in [-0.25, -0.2) is 9.97 Å². The minimum Gasteiger partial charge on any atom is -0.370 e. The van der Waals surface area contributed by atoms with Crippen LogP contribution in [-0.2, 0) is 22.6 Å². The van der Waals surface area contributed by atoms with Gasteiger partial charge in [0.05, 0.1) is 65.2 Å². The molecule has 2 amide bonds. The van der Waals surface area contributed by atoms with Crippen molar-refractivity contribution in [1.29, 1.82) is 0 Å². The molecule has 4 aromatic carbocycles. The second-order valence-corrected chi connectivity index (χ2v) is 13.5. The number of rotatable bonds is 12. The smallest absolute Gasteiger partial charge is 0.223 e. The van der Waals surface area contributed by atoms with Gasteiger partial charge in [0.1, 0.15) is 0 Å². The van der Waals surface area contributed by atoms with Gasteiger partial charge in [0.2, 0.25) is 11.8 Å². The summed E-state index contributed by atoms with van der Waals surface area (Å²) in [5.41, 5.74) is 20.2. The molecule has 0 aliphatic carbocycles. The van der Waals surface area contributed by atoms with Gasteiger partial charge in [-0.2, -0.15) is 5.10 Å². The van der Waals surface area contributed by atoms with E-state index < -0.39 is 5.91 Å². The number of hydrogen-bond donors (Lipinski definition) is 4. The van der Waals surface area contributed by atoms with E-state index in [0.717, 1.165) is 55.8 Å². The highest BCUT2D eigenvalue weighted by atomic mass is 16.1. The first-order valence-corrected chi connectivity index (χ1v) is 17.5. The summed E-state index contributed by atoms with van der Waals surface area (Å²) in [6.07, 6.45) is 6.23. The van der Waals surface area contributed by atoms with Gasteiger partial charge < -0.3 is 30.8 Å². The molecule has 1 aliphatic rings. The van der Waals surface area contributed by atoms with E-state index in [2.05, 4.69) is 72.4 Å². The molecule has 0 radical (unpaired) electrons. The van der Waals surface area contributed by atoms with Crippen molar-refractivity contribution in [2.75, 3.05) is 22.9 Å². The fourth-order valence-electron chi connectivity index (χ4n) is 7.84. The summed E-state index contributed by atoms with van der Waals surface area (Å²) in [4.78, 5) is 42.6. The summed E-state index contributed by atoms with van der Waals surface area (Å²) < 4.78 is 2.05. The number of nitrogens with one attached hydrogen (secondary N) is 2. The average molecular weight is 693 g/mol. The van der Waals surface area contributed by atoms with E-state index in [1.165, 1.54) is 0 Å². The molecule has 1 saturated heterocycles. The van der Waals surface area contributed by atoms with Crippen LogP contribution in [0.3, 0.4) is 0 Å². The molecule has 12 heteroatoms. The fourth-order valence-corrected chi connectivity index (χ4v) is 7.84. The summed E-state index contributed by atoms with van der Waals surface area (Å²) in [5, 5.41) is 8.32. The number of para-hydroxylation sites is 1. The first kappa shape index (κ1) is 32.8. The van der Waals surface area contributed by atoms with Crippen LogP contribution in [0.4, 0.5) is 11.4 Å². The standard InChI is InChI=1S/C40H40N10O2/c41-37(51)17-15-30-22-50(28-11-5-2-6-12-28)36(23-49(30)29-14-16-33-34(18-29)44-24-43-33)39(26-8-3-1-4-9-26)40-35(19-38(42)52)48(25-45-40)21-27-10-7-13-32-31(27)20-46-47-32/h1-14,16,18,20,24-25,30,36,39H,15,17,19,21-23H2,(H2,41,51)(H2,42,52)(H,43,44)(H,46,47). The molecular formula is C40H40N10O2. The molecule has 3 aromatic heterocycles. The lowest BCUT2D eigenvalue weighted by Crippen LogP contribution is -2.61. The number of nitrogens with zero attached hydrogens (tertiary/aromatic N) is 6. The van der Waals surface area contributed by atoms with E-state index in [4.69, 9.17) is 16.5 Å². The lowest BCUT2D eigenvalue weighted by atomic mass is 9.83. The van der Waals surface area contributed by atoms with Crippen molar-refractivity contribution < 1.29 is 9.59 Å². The fraction of sp³-hybridized carbons (Fsp3) is 0.225. The Labute approximate surface area is 300 Å². The SMILES string of the molecule is NC(=O)CCC1CN(c2ccccc2)C(C(c2ccccc2)c2ncn(Cc3cccc4[nH]ncc34)c2CC(N)=O)CN1c1ccc2nc[nH]c2c1. The molecule has 6 N–H and O–H groups in total. The molecule has 7 aromatic rings. The number of hydrogen-bond acceptors (Lipinski definition) is 7. The van der Waals surface area contributed by atoms with E-state index in [1.807, 2.05) is 71.7 Å². The van der Waals surface area contributed by atoms with Gasteiger partial charge in [0.15, 0.2) is 0 Å². The minimum atomic E-state index is -0.430. The molecule has 262 valence electrons. The highest BCUT2D eigenvalue weighted by Crippen LogP contribution is 2.40. The Balaban J connectivity index is 1.28. The summed E-state index contributed by atoms with van der Waals surface area (Å²) in [6, 6.07) is 32.8. The van der Waals surface area contributed by atoms with Crippen LogP contribution in [0.1, 0.15) is 41.3 Å². The predicted molar refractivity (Wildman–Crippen MR) is 202 cm³/mol. The van der Waals surface area contributed by atoms with E-state index >= 15 is 0 Å². The zero-order valence-electron chi connectivity index (χ0n) is 28.6. The number of carbonyl (C=O) groups is 2. The molecule has 1 fully saturated rings. The second-order valence-electron chi connectivity index (χ2n) is 13.5. The molecule has 0 bridgehead atoms. The maximum Gasteiger partial charge on any atom is 0.223 e. The van der Waals surface area contributed by atoms with Crippen LogP contribution in [-0.4, -0.2) is 66.7 Å². The Bertz CT molecular complexity index is 2330. The van der Waals surface area contributed by atoms with Crippen LogP contribution in [0.25, 0.3) is 21.9 Å². The summed E-state index contributed by atoms with van der Waals surface area (Å²) >= 11 is 0. The largest absolute Gasteiger partial charge is 0.370 e. The number of nitrogens with two attached hydrogens (primary N) is 2. The van der Waals surface area contributed by atoms with Crippen molar-refractivity contribution in [2.24, 2.45) is 11.5 Å². The average Bonchev–Trinajstić information content (AvgIpc) is 3.93. The first-order valence-electron chi connectivity index (χ1n) is 17.5. The minimum absolute atomic E-state index is 0.0273. The Kier molecular flexibility index (Phi) is 8.86. The molecule has 3 unspecified atom stereocenters. The van der Waals surface area contributed by atoms with Crippen molar-refractivity contribution in [3.05, 3.63) is 138 Å². The second kappa shape index (κ2) is 14.1. The topological polar surface area (TPSA) is 168 Å². The number of anilines is 2. The highest BCUT2D eigenvalue weighted by Gasteiger charge is 2.41.